The summed E-state index contributed by atoms with van der Waals surface area (Å²) in [6, 6.07) is 10.9. The van der Waals surface area contributed by atoms with E-state index in [9.17, 15) is 19.5 Å². The van der Waals surface area contributed by atoms with Crippen molar-refractivity contribution in [2.45, 2.75) is 20.0 Å². The molecule has 1 N–H and O–H groups in total. The van der Waals surface area contributed by atoms with E-state index in [-0.39, 0.29) is 23.8 Å². The number of methoxy groups -OCH3 is 1. The van der Waals surface area contributed by atoms with E-state index in [2.05, 4.69) is 5.32 Å². The molecule has 0 saturated carbocycles. The van der Waals surface area contributed by atoms with Crippen molar-refractivity contribution >= 4 is 24.0 Å². The van der Waals surface area contributed by atoms with Crippen molar-refractivity contribution in [2.24, 2.45) is 0 Å². The molecule has 8 nitrogen and oxygen atoms in total. The number of carbonyl (C=O) groups is 3. The molecule has 1 heterocycles. The van der Waals surface area contributed by atoms with Crippen LogP contribution in [-0.4, -0.2) is 36.5 Å². The zero-order chi connectivity index (χ0) is 21.7. The van der Waals surface area contributed by atoms with Gasteiger partial charge in [0.15, 0.2) is 11.5 Å². The van der Waals surface area contributed by atoms with Crippen LogP contribution in [0.15, 0.2) is 48.2 Å². The van der Waals surface area contributed by atoms with Gasteiger partial charge in [0.1, 0.15) is 12.3 Å². The summed E-state index contributed by atoms with van der Waals surface area (Å²) in [5.41, 5.74) is 1.75. The second-order valence-corrected chi connectivity index (χ2v) is 6.63. The number of carbonyl (C=O) groups excluding carboxylic acids is 3. The van der Waals surface area contributed by atoms with Gasteiger partial charge in [-0.25, -0.2) is 4.79 Å². The maximum absolute atomic E-state index is 12.3. The van der Waals surface area contributed by atoms with Gasteiger partial charge >= 0.3 is 6.03 Å². The second-order valence-electron chi connectivity index (χ2n) is 6.63. The fourth-order valence-electron chi connectivity index (χ4n) is 2.96. The van der Waals surface area contributed by atoms with E-state index in [1.807, 2.05) is 6.92 Å². The number of hydrogen-bond donors (Lipinski definition) is 1. The lowest BCUT2D eigenvalue weighted by Gasteiger charge is -2.12. The van der Waals surface area contributed by atoms with Crippen LogP contribution in [0.2, 0.25) is 0 Å². The molecule has 3 amide bonds. The van der Waals surface area contributed by atoms with Crippen LogP contribution in [0.4, 0.5) is 4.79 Å². The fraction of sp³-hybridized carbons (Fsp3) is 0.227. The number of ether oxygens (including phenoxy) is 2. The minimum absolute atomic E-state index is 0.0970. The van der Waals surface area contributed by atoms with E-state index in [4.69, 9.17) is 9.47 Å². The summed E-state index contributed by atoms with van der Waals surface area (Å²) < 4.78 is 11.1. The first-order valence-corrected chi connectivity index (χ1v) is 9.38. The highest BCUT2D eigenvalue weighted by Gasteiger charge is 2.32. The predicted octanol–water partition coefficient (Wildman–Crippen LogP) is 1.94. The average molecular weight is 409 g/mol. The van der Waals surface area contributed by atoms with Crippen LogP contribution in [0.5, 0.6) is 11.5 Å². The average Bonchev–Trinajstić information content (AvgIpc) is 3.00. The summed E-state index contributed by atoms with van der Waals surface area (Å²) in [5.74, 6) is -0.652. The summed E-state index contributed by atoms with van der Waals surface area (Å²) in [6.45, 7) is 2.47. The highest BCUT2D eigenvalue weighted by atomic mass is 16.5. The number of benzene rings is 2. The number of carboxylic acid groups (broad SMARTS) is 1. The molecule has 0 unspecified atom stereocenters. The second kappa shape index (κ2) is 9.13. The van der Waals surface area contributed by atoms with Gasteiger partial charge in [0.05, 0.1) is 13.1 Å². The lowest BCUT2D eigenvalue weighted by molar-refractivity contribution is -0.255. The molecular weight excluding hydrogens is 388 g/mol. The third-order valence-electron chi connectivity index (χ3n) is 4.49. The quantitative estimate of drug-likeness (QED) is 0.527. The van der Waals surface area contributed by atoms with E-state index in [0.717, 1.165) is 5.56 Å². The topological polar surface area (TPSA) is 108 Å². The summed E-state index contributed by atoms with van der Waals surface area (Å²) in [4.78, 5) is 36.2. The van der Waals surface area contributed by atoms with Crippen molar-refractivity contribution in [1.82, 2.24) is 10.2 Å². The summed E-state index contributed by atoms with van der Waals surface area (Å²) in [5, 5.41) is 13.4. The van der Waals surface area contributed by atoms with Crippen LogP contribution in [0, 0.1) is 0 Å². The Balaban J connectivity index is 1.73. The Bertz CT molecular complexity index is 997. The number of nitrogens with one attached hydrogen (secondary N) is 1. The van der Waals surface area contributed by atoms with Gasteiger partial charge in [-0.15, -0.1) is 0 Å². The largest absolute Gasteiger partial charge is 0.545 e. The first-order chi connectivity index (χ1) is 14.4. The molecule has 0 spiro atoms. The monoisotopic (exact) mass is 409 g/mol. The van der Waals surface area contributed by atoms with Gasteiger partial charge in [-0.05, 0) is 41.3 Å². The van der Waals surface area contributed by atoms with E-state index < -0.39 is 12.0 Å². The number of nitrogens with zero attached hydrogens (tertiary/aromatic N) is 1. The maximum atomic E-state index is 12.3. The molecule has 1 aliphatic rings. The van der Waals surface area contributed by atoms with Crippen LogP contribution in [0.3, 0.4) is 0 Å². The Labute approximate surface area is 173 Å². The lowest BCUT2D eigenvalue weighted by atomic mass is 10.1. The van der Waals surface area contributed by atoms with Crippen molar-refractivity contribution in [1.29, 1.82) is 0 Å². The Hall–Kier alpha value is -3.81. The van der Waals surface area contributed by atoms with Crippen LogP contribution >= 0.6 is 0 Å². The van der Waals surface area contributed by atoms with Crippen molar-refractivity contribution < 1.29 is 29.0 Å². The molecule has 8 heteroatoms. The minimum Gasteiger partial charge on any atom is -0.545 e. The zero-order valence-electron chi connectivity index (χ0n) is 16.6. The summed E-state index contributed by atoms with van der Waals surface area (Å²) >= 11 is 0. The number of imide groups is 1. The molecule has 30 heavy (non-hydrogen) atoms. The highest BCUT2D eigenvalue weighted by molar-refractivity contribution is 6.13. The SMILES string of the molecule is CCCN1C(=O)N/C(=C/c2ccc(OCc3ccc(C(=O)[O-])cc3)c(OC)c2)C1=O. The van der Waals surface area contributed by atoms with Crippen molar-refractivity contribution in [2.75, 3.05) is 13.7 Å². The molecule has 0 bridgehead atoms. The molecule has 1 aliphatic heterocycles. The number of hydrogen-bond acceptors (Lipinski definition) is 6. The minimum atomic E-state index is -1.23. The number of aromatic carboxylic acids is 1. The van der Waals surface area contributed by atoms with Crippen molar-refractivity contribution in [3.63, 3.8) is 0 Å². The van der Waals surface area contributed by atoms with Gasteiger partial charge in [0, 0.05) is 6.54 Å². The first-order valence-electron chi connectivity index (χ1n) is 9.38. The smallest absolute Gasteiger partial charge is 0.329 e. The molecule has 1 saturated heterocycles. The predicted molar refractivity (Wildman–Crippen MR) is 107 cm³/mol. The number of carboxylic acids is 1. The highest BCUT2D eigenvalue weighted by Crippen LogP contribution is 2.30. The lowest BCUT2D eigenvalue weighted by Crippen LogP contribution is -2.31. The van der Waals surface area contributed by atoms with E-state index >= 15 is 0 Å². The van der Waals surface area contributed by atoms with Crippen molar-refractivity contribution in [3.8, 4) is 11.5 Å². The Morgan fingerprint density at radius 3 is 2.50 bits per heavy atom. The Morgan fingerprint density at radius 1 is 1.13 bits per heavy atom. The molecule has 3 rings (SSSR count). The van der Waals surface area contributed by atoms with Gasteiger partial charge in [-0.3, -0.25) is 9.69 Å². The number of urea groups is 1. The first kappa shape index (κ1) is 20.9. The van der Waals surface area contributed by atoms with Gasteiger partial charge in [0.25, 0.3) is 5.91 Å². The van der Waals surface area contributed by atoms with Crippen LogP contribution < -0.4 is 19.9 Å². The van der Waals surface area contributed by atoms with Crippen LogP contribution in [-0.2, 0) is 11.4 Å². The zero-order valence-corrected chi connectivity index (χ0v) is 16.6. The van der Waals surface area contributed by atoms with E-state index in [1.54, 1.807) is 36.4 Å². The fourth-order valence-corrected chi connectivity index (χ4v) is 2.96. The molecule has 156 valence electrons. The van der Waals surface area contributed by atoms with E-state index in [1.165, 1.54) is 24.1 Å². The molecule has 0 atom stereocenters. The summed E-state index contributed by atoms with van der Waals surface area (Å²) in [6.07, 6.45) is 2.27. The molecule has 2 aromatic rings. The number of amides is 3. The van der Waals surface area contributed by atoms with Gasteiger partial charge in [-0.1, -0.05) is 37.3 Å². The molecule has 0 aromatic heterocycles. The maximum Gasteiger partial charge on any atom is 0.329 e. The van der Waals surface area contributed by atoms with E-state index in [0.29, 0.717) is 30.0 Å². The van der Waals surface area contributed by atoms with Gasteiger partial charge < -0.3 is 24.7 Å². The standard InChI is InChI=1S/C22H22N2O6/c1-3-10-24-20(25)17(23-22(24)28)11-15-6-9-18(19(12-15)29-2)30-13-14-4-7-16(8-5-14)21(26)27/h4-9,11-12H,3,10,13H2,1-2H3,(H,23,28)(H,26,27)/p-1/b17-11+. The molecule has 1 fully saturated rings. The van der Waals surface area contributed by atoms with Crippen molar-refractivity contribution in [3.05, 3.63) is 64.9 Å². The third kappa shape index (κ3) is 4.60. The molecular formula is C22H21N2O6-. The normalized spacial score (nSPS) is 14.7. The molecule has 2 aromatic carbocycles. The van der Waals surface area contributed by atoms with Crippen LogP contribution in [0.25, 0.3) is 6.08 Å². The Kier molecular flexibility index (Phi) is 6.36. The third-order valence-corrected chi connectivity index (χ3v) is 4.49. The molecule has 0 radical (unpaired) electrons. The Morgan fingerprint density at radius 2 is 1.87 bits per heavy atom. The number of rotatable bonds is 8. The van der Waals surface area contributed by atoms with Gasteiger partial charge in [0.2, 0.25) is 0 Å². The van der Waals surface area contributed by atoms with Crippen LogP contribution in [0.1, 0.15) is 34.8 Å². The van der Waals surface area contributed by atoms with Gasteiger partial charge in [-0.2, -0.15) is 0 Å². The summed E-state index contributed by atoms with van der Waals surface area (Å²) in [7, 11) is 1.50. The molecule has 0 aliphatic carbocycles.